The summed E-state index contributed by atoms with van der Waals surface area (Å²) >= 11 is 6.22. The van der Waals surface area contributed by atoms with Crippen LogP contribution >= 0.6 is 11.6 Å². The molecule has 1 unspecified atom stereocenters. The molecule has 0 aromatic heterocycles. The van der Waals surface area contributed by atoms with Gasteiger partial charge in [0.1, 0.15) is 5.75 Å². The van der Waals surface area contributed by atoms with Crippen LogP contribution in [0.5, 0.6) is 5.75 Å². The van der Waals surface area contributed by atoms with E-state index in [4.69, 9.17) is 16.3 Å². The molecule has 1 atom stereocenters. The van der Waals surface area contributed by atoms with Crippen molar-refractivity contribution in [3.8, 4) is 5.75 Å². The molecule has 14 heavy (non-hydrogen) atoms. The lowest BCUT2D eigenvalue weighted by molar-refractivity contribution is 0.414. The average Bonchev–Trinajstić information content (AvgIpc) is 2.71. The normalized spacial score (nSPS) is 21.1. The SMILES string of the molecule is COc1cccc(C2CCCN2)c1Cl. The Morgan fingerprint density at radius 2 is 2.36 bits per heavy atom. The molecular weight excluding hydrogens is 198 g/mol. The van der Waals surface area contributed by atoms with Gasteiger partial charge in [-0.25, -0.2) is 0 Å². The molecule has 1 N–H and O–H groups in total. The summed E-state index contributed by atoms with van der Waals surface area (Å²) in [7, 11) is 1.65. The molecule has 2 rings (SSSR count). The Bertz CT molecular complexity index is 321. The first-order valence-corrected chi connectivity index (χ1v) is 5.26. The Labute approximate surface area is 89.2 Å². The van der Waals surface area contributed by atoms with E-state index in [-0.39, 0.29) is 0 Å². The second-order valence-electron chi connectivity index (χ2n) is 3.51. The van der Waals surface area contributed by atoms with E-state index < -0.39 is 0 Å². The Balaban J connectivity index is 2.32. The van der Waals surface area contributed by atoms with Crippen LogP contribution in [0.15, 0.2) is 18.2 Å². The predicted molar refractivity (Wildman–Crippen MR) is 58.0 cm³/mol. The minimum atomic E-state index is 0.401. The van der Waals surface area contributed by atoms with Gasteiger partial charge in [0.05, 0.1) is 12.1 Å². The summed E-state index contributed by atoms with van der Waals surface area (Å²) in [6, 6.07) is 6.34. The number of benzene rings is 1. The van der Waals surface area contributed by atoms with Crippen LogP contribution in [0.3, 0.4) is 0 Å². The summed E-state index contributed by atoms with van der Waals surface area (Å²) in [5, 5.41) is 4.17. The van der Waals surface area contributed by atoms with Gasteiger partial charge in [0, 0.05) is 6.04 Å². The molecule has 1 fully saturated rings. The molecule has 0 bridgehead atoms. The fraction of sp³-hybridized carbons (Fsp3) is 0.455. The Hall–Kier alpha value is -0.730. The largest absolute Gasteiger partial charge is 0.495 e. The van der Waals surface area contributed by atoms with E-state index in [0.29, 0.717) is 6.04 Å². The number of hydrogen-bond acceptors (Lipinski definition) is 2. The van der Waals surface area contributed by atoms with E-state index in [9.17, 15) is 0 Å². The number of hydrogen-bond donors (Lipinski definition) is 1. The average molecular weight is 212 g/mol. The lowest BCUT2D eigenvalue weighted by atomic mass is 10.1. The Kier molecular flexibility index (Phi) is 2.94. The lowest BCUT2D eigenvalue weighted by Crippen LogP contribution is -2.13. The van der Waals surface area contributed by atoms with Crippen LogP contribution in [-0.4, -0.2) is 13.7 Å². The zero-order chi connectivity index (χ0) is 9.97. The summed E-state index contributed by atoms with van der Waals surface area (Å²) < 4.78 is 5.19. The van der Waals surface area contributed by atoms with Crippen molar-refractivity contribution in [1.82, 2.24) is 5.32 Å². The second-order valence-corrected chi connectivity index (χ2v) is 3.89. The van der Waals surface area contributed by atoms with Gasteiger partial charge in [0.2, 0.25) is 0 Å². The van der Waals surface area contributed by atoms with E-state index in [1.165, 1.54) is 6.42 Å². The molecule has 0 spiro atoms. The van der Waals surface area contributed by atoms with Crippen molar-refractivity contribution >= 4 is 11.6 Å². The first-order valence-electron chi connectivity index (χ1n) is 4.88. The first-order chi connectivity index (χ1) is 6.83. The smallest absolute Gasteiger partial charge is 0.137 e. The number of halogens is 1. The van der Waals surface area contributed by atoms with Gasteiger partial charge in [0.25, 0.3) is 0 Å². The third-order valence-corrected chi connectivity index (χ3v) is 3.05. The number of nitrogens with one attached hydrogen (secondary N) is 1. The molecule has 76 valence electrons. The number of rotatable bonds is 2. The highest BCUT2D eigenvalue weighted by Gasteiger charge is 2.19. The van der Waals surface area contributed by atoms with Gasteiger partial charge in [-0.15, -0.1) is 0 Å². The molecule has 1 aromatic carbocycles. The molecule has 0 aliphatic carbocycles. The van der Waals surface area contributed by atoms with Crippen LogP contribution in [0.1, 0.15) is 24.4 Å². The van der Waals surface area contributed by atoms with Crippen molar-refractivity contribution < 1.29 is 4.74 Å². The highest BCUT2D eigenvalue weighted by atomic mass is 35.5. The maximum absolute atomic E-state index is 6.22. The maximum atomic E-state index is 6.22. The van der Waals surface area contributed by atoms with Crippen molar-refractivity contribution in [2.75, 3.05) is 13.7 Å². The summed E-state index contributed by atoms with van der Waals surface area (Å²) in [4.78, 5) is 0. The summed E-state index contributed by atoms with van der Waals surface area (Å²) in [6.07, 6.45) is 2.38. The fourth-order valence-electron chi connectivity index (χ4n) is 1.90. The van der Waals surface area contributed by atoms with Crippen molar-refractivity contribution in [1.29, 1.82) is 0 Å². The van der Waals surface area contributed by atoms with Crippen molar-refractivity contribution in [2.45, 2.75) is 18.9 Å². The van der Waals surface area contributed by atoms with Gasteiger partial charge in [-0.2, -0.15) is 0 Å². The van der Waals surface area contributed by atoms with Crippen LogP contribution < -0.4 is 10.1 Å². The molecule has 1 aliphatic heterocycles. The van der Waals surface area contributed by atoms with Gasteiger partial charge in [-0.05, 0) is 31.0 Å². The monoisotopic (exact) mass is 211 g/mol. The zero-order valence-electron chi connectivity index (χ0n) is 8.22. The van der Waals surface area contributed by atoms with Gasteiger partial charge >= 0.3 is 0 Å². The summed E-state index contributed by atoms with van der Waals surface area (Å²) in [5.41, 5.74) is 1.16. The van der Waals surface area contributed by atoms with Crippen molar-refractivity contribution in [2.24, 2.45) is 0 Å². The van der Waals surface area contributed by atoms with Crippen LogP contribution in [0.4, 0.5) is 0 Å². The Morgan fingerprint density at radius 3 is 3.00 bits per heavy atom. The molecule has 3 heteroatoms. The van der Waals surface area contributed by atoms with Crippen LogP contribution in [0.2, 0.25) is 5.02 Å². The fourth-order valence-corrected chi connectivity index (χ4v) is 2.24. The van der Waals surface area contributed by atoms with E-state index in [1.807, 2.05) is 12.1 Å². The highest BCUT2D eigenvalue weighted by Crippen LogP contribution is 2.34. The Morgan fingerprint density at radius 1 is 1.50 bits per heavy atom. The third-order valence-electron chi connectivity index (χ3n) is 2.65. The first kappa shape index (κ1) is 9.81. The molecule has 0 saturated carbocycles. The molecular formula is C11H14ClNO. The molecule has 1 heterocycles. The molecule has 0 amide bonds. The maximum Gasteiger partial charge on any atom is 0.137 e. The van der Waals surface area contributed by atoms with Gasteiger partial charge < -0.3 is 10.1 Å². The van der Waals surface area contributed by atoms with E-state index in [1.54, 1.807) is 7.11 Å². The second kappa shape index (κ2) is 4.20. The van der Waals surface area contributed by atoms with Crippen molar-refractivity contribution in [3.05, 3.63) is 28.8 Å². The topological polar surface area (TPSA) is 21.3 Å². The lowest BCUT2D eigenvalue weighted by Gasteiger charge is -2.14. The standard InChI is InChI=1S/C11H14ClNO/c1-14-10-6-2-4-8(11(10)12)9-5-3-7-13-9/h2,4,6,9,13H,3,5,7H2,1H3. The van der Waals surface area contributed by atoms with Crippen molar-refractivity contribution in [3.63, 3.8) is 0 Å². The minimum Gasteiger partial charge on any atom is -0.495 e. The minimum absolute atomic E-state index is 0.401. The highest BCUT2D eigenvalue weighted by molar-refractivity contribution is 6.32. The summed E-state index contributed by atoms with van der Waals surface area (Å²) in [5.74, 6) is 0.762. The number of ether oxygens (including phenoxy) is 1. The van der Waals surface area contributed by atoms with E-state index in [2.05, 4.69) is 11.4 Å². The van der Waals surface area contributed by atoms with Crippen LogP contribution in [0.25, 0.3) is 0 Å². The van der Waals surface area contributed by atoms with E-state index in [0.717, 1.165) is 29.3 Å². The predicted octanol–water partition coefficient (Wildman–Crippen LogP) is 2.77. The van der Waals surface area contributed by atoms with Crippen LogP contribution in [-0.2, 0) is 0 Å². The quantitative estimate of drug-likeness (QED) is 0.813. The zero-order valence-corrected chi connectivity index (χ0v) is 8.97. The van der Waals surface area contributed by atoms with Crippen LogP contribution in [0, 0.1) is 0 Å². The molecule has 1 aliphatic rings. The molecule has 1 saturated heterocycles. The summed E-state index contributed by atoms with van der Waals surface area (Å²) in [6.45, 7) is 1.08. The number of methoxy groups -OCH3 is 1. The molecule has 2 nitrogen and oxygen atoms in total. The van der Waals surface area contributed by atoms with Gasteiger partial charge in [-0.1, -0.05) is 23.7 Å². The van der Waals surface area contributed by atoms with E-state index >= 15 is 0 Å². The van der Waals surface area contributed by atoms with Gasteiger partial charge in [-0.3, -0.25) is 0 Å². The molecule has 0 radical (unpaired) electrons. The molecule has 1 aromatic rings. The van der Waals surface area contributed by atoms with Gasteiger partial charge in [0.15, 0.2) is 0 Å². The third kappa shape index (κ3) is 1.72.